The molecular formula is C37H26S3. The van der Waals surface area contributed by atoms with E-state index in [1.807, 2.05) is 34.4 Å². The molecule has 192 valence electrons. The third-order valence-electron chi connectivity index (χ3n) is 7.82. The van der Waals surface area contributed by atoms with Crippen molar-refractivity contribution in [1.82, 2.24) is 0 Å². The maximum atomic E-state index is 2.41. The van der Waals surface area contributed by atoms with Crippen molar-refractivity contribution >= 4 is 85.6 Å². The first kappa shape index (κ1) is 24.2. The highest BCUT2D eigenvalue weighted by Crippen LogP contribution is 2.46. The molecule has 0 radical (unpaired) electrons. The average Bonchev–Trinajstić information content (AvgIpc) is 3.48. The lowest BCUT2D eigenvalue weighted by Gasteiger charge is -2.06. The zero-order valence-corrected chi connectivity index (χ0v) is 24.8. The highest BCUT2D eigenvalue weighted by molar-refractivity contribution is 7.99. The van der Waals surface area contributed by atoms with Gasteiger partial charge >= 0.3 is 0 Å². The molecule has 0 aliphatic heterocycles. The van der Waals surface area contributed by atoms with E-state index in [4.69, 9.17) is 0 Å². The highest BCUT2D eigenvalue weighted by atomic mass is 32.2. The van der Waals surface area contributed by atoms with Gasteiger partial charge in [-0.1, -0.05) is 83.6 Å². The Morgan fingerprint density at radius 1 is 0.475 bits per heavy atom. The van der Waals surface area contributed by atoms with Crippen LogP contribution < -0.4 is 0 Å². The third kappa shape index (κ3) is 4.30. The molecule has 3 heteroatoms. The summed E-state index contributed by atoms with van der Waals surface area (Å²) in [5.74, 6) is 0. The fourth-order valence-corrected chi connectivity index (χ4v) is 9.19. The van der Waals surface area contributed by atoms with Gasteiger partial charge in [-0.25, -0.2) is 0 Å². The van der Waals surface area contributed by atoms with Crippen molar-refractivity contribution in [2.45, 2.75) is 30.1 Å². The van der Waals surface area contributed by atoms with Gasteiger partial charge < -0.3 is 0 Å². The van der Waals surface area contributed by atoms with Crippen molar-refractivity contribution in [2.75, 3.05) is 0 Å². The van der Waals surface area contributed by atoms with E-state index in [0.29, 0.717) is 0 Å². The molecule has 0 atom stereocenters. The van der Waals surface area contributed by atoms with E-state index in [-0.39, 0.29) is 0 Å². The normalized spacial score (nSPS) is 11.9. The second-order valence-corrected chi connectivity index (χ2v) is 14.1. The van der Waals surface area contributed by atoms with Crippen molar-refractivity contribution in [1.29, 1.82) is 0 Å². The molecule has 0 saturated heterocycles. The van der Waals surface area contributed by atoms with Gasteiger partial charge in [0.1, 0.15) is 0 Å². The summed E-state index contributed by atoms with van der Waals surface area (Å²) in [6.45, 7) is 4.28. The zero-order valence-electron chi connectivity index (χ0n) is 22.3. The Labute approximate surface area is 245 Å². The van der Waals surface area contributed by atoms with E-state index in [1.165, 1.54) is 83.2 Å². The van der Waals surface area contributed by atoms with Gasteiger partial charge in [0.05, 0.1) is 9.40 Å². The Morgan fingerprint density at radius 3 is 1.65 bits per heavy atom. The molecule has 0 amide bonds. The number of hydrogen-bond acceptors (Lipinski definition) is 3. The summed E-state index contributed by atoms with van der Waals surface area (Å²) in [4.78, 5) is 2.57. The van der Waals surface area contributed by atoms with Crippen LogP contribution in [0.3, 0.4) is 0 Å². The summed E-state index contributed by atoms with van der Waals surface area (Å²) in [6, 6.07) is 41.1. The van der Waals surface area contributed by atoms with E-state index in [1.54, 1.807) is 0 Å². The Bertz CT molecular complexity index is 2050. The van der Waals surface area contributed by atoms with Gasteiger partial charge in [0, 0.05) is 30.0 Å². The first-order valence-electron chi connectivity index (χ1n) is 13.6. The Balaban J connectivity index is 1.18. The van der Waals surface area contributed by atoms with E-state index in [9.17, 15) is 0 Å². The Hall–Kier alpha value is -3.63. The molecule has 2 aromatic heterocycles. The number of thiophene rings is 2. The van der Waals surface area contributed by atoms with Crippen LogP contribution in [0.4, 0.5) is 0 Å². The van der Waals surface area contributed by atoms with Crippen LogP contribution in [-0.4, -0.2) is 0 Å². The van der Waals surface area contributed by atoms with E-state index in [2.05, 4.69) is 123 Å². The van der Waals surface area contributed by atoms with Crippen molar-refractivity contribution < 1.29 is 0 Å². The monoisotopic (exact) mass is 566 g/mol. The van der Waals surface area contributed by atoms with Crippen LogP contribution in [0, 0.1) is 13.8 Å². The first-order chi connectivity index (χ1) is 19.6. The van der Waals surface area contributed by atoms with Crippen LogP contribution in [0.1, 0.15) is 22.3 Å². The SMILES string of the molecule is Cc1ccc(Cc2ccc3cc4c(cc3c2)sc2c3cc5ccc(Sc6ccc(C)cc6)cc5cc3sc42)cc1. The first-order valence-corrected chi connectivity index (χ1v) is 16.1. The van der Waals surface area contributed by atoms with E-state index < -0.39 is 0 Å². The average molecular weight is 567 g/mol. The van der Waals surface area contributed by atoms with Crippen molar-refractivity contribution in [3.05, 3.63) is 131 Å². The van der Waals surface area contributed by atoms with Crippen LogP contribution >= 0.6 is 34.4 Å². The quantitative estimate of drug-likeness (QED) is 0.204. The molecule has 0 fully saturated rings. The molecule has 0 saturated carbocycles. The van der Waals surface area contributed by atoms with Gasteiger partial charge in [0.25, 0.3) is 0 Å². The Kier molecular flexibility index (Phi) is 5.74. The maximum absolute atomic E-state index is 2.41. The summed E-state index contributed by atoms with van der Waals surface area (Å²) in [7, 11) is 0. The lowest BCUT2D eigenvalue weighted by Crippen LogP contribution is -1.88. The van der Waals surface area contributed by atoms with Gasteiger partial charge in [-0.2, -0.15) is 0 Å². The van der Waals surface area contributed by atoms with Crippen LogP contribution in [0.2, 0.25) is 0 Å². The zero-order chi connectivity index (χ0) is 26.8. The summed E-state index contributed by atoms with van der Waals surface area (Å²) in [6.07, 6.45) is 0.969. The highest BCUT2D eigenvalue weighted by Gasteiger charge is 2.14. The molecule has 0 bridgehead atoms. The summed E-state index contributed by atoms with van der Waals surface area (Å²) < 4.78 is 5.60. The van der Waals surface area contributed by atoms with Crippen molar-refractivity contribution in [3.8, 4) is 0 Å². The molecule has 40 heavy (non-hydrogen) atoms. The summed E-state index contributed by atoms with van der Waals surface area (Å²) in [5.41, 5.74) is 5.34. The molecular weight excluding hydrogens is 541 g/mol. The lowest BCUT2D eigenvalue weighted by molar-refractivity contribution is 1.19. The summed E-state index contributed by atoms with van der Waals surface area (Å²) >= 11 is 5.72. The van der Waals surface area contributed by atoms with Crippen LogP contribution in [0.5, 0.6) is 0 Å². The number of benzene rings is 6. The number of hydrogen-bond donors (Lipinski definition) is 0. The maximum Gasteiger partial charge on any atom is 0.0542 e. The predicted octanol–water partition coefficient (Wildman–Crippen LogP) is 11.9. The molecule has 0 spiro atoms. The van der Waals surface area contributed by atoms with Crippen molar-refractivity contribution in [3.63, 3.8) is 0 Å². The van der Waals surface area contributed by atoms with Gasteiger partial charge in [-0.05, 0) is 101 Å². The van der Waals surface area contributed by atoms with E-state index >= 15 is 0 Å². The van der Waals surface area contributed by atoms with Gasteiger partial charge in [0.2, 0.25) is 0 Å². The van der Waals surface area contributed by atoms with E-state index in [0.717, 1.165) is 6.42 Å². The molecule has 0 aliphatic rings. The molecule has 0 N–H and O–H groups in total. The minimum atomic E-state index is 0.969. The molecule has 0 aliphatic carbocycles. The number of rotatable bonds is 4. The minimum absolute atomic E-state index is 0.969. The molecule has 6 aromatic carbocycles. The smallest absolute Gasteiger partial charge is 0.0542 e. The second kappa shape index (κ2) is 9.49. The lowest BCUT2D eigenvalue weighted by atomic mass is 10.00. The molecule has 0 nitrogen and oxygen atoms in total. The predicted molar refractivity (Wildman–Crippen MR) is 179 cm³/mol. The van der Waals surface area contributed by atoms with Gasteiger partial charge in [-0.15, -0.1) is 22.7 Å². The van der Waals surface area contributed by atoms with Gasteiger partial charge in [0.15, 0.2) is 0 Å². The minimum Gasteiger partial charge on any atom is -0.134 e. The molecule has 0 unspecified atom stereocenters. The van der Waals surface area contributed by atoms with Crippen molar-refractivity contribution in [2.24, 2.45) is 0 Å². The third-order valence-corrected chi connectivity index (χ3v) is 11.3. The topological polar surface area (TPSA) is 0 Å². The molecule has 8 rings (SSSR count). The van der Waals surface area contributed by atoms with Crippen LogP contribution in [-0.2, 0) is 6.42 Å². The standard InChI is InChI=1S/C37H26S3/c1-22-3-7-24(8-4-22)15-25-9-10-26-18-32-34(20-28(26)16-25)39-37-33-19-27-11-14-31(38-30-12-5-23(2)6-13-30)17-29(27)21-35(33)40-36(32)37/h3-14,16-21H,15H2,1-2H3. The molecule has 2 heterocycles. The van der Waals surface area contributed by atoms with Crippen LogP contribution in [0.15, 0.2) is 119 Å². The number of fused-ring (bicyclic) bond motifs is 7. The fourth-order valence-electron chi connectivity index (χ4n) is 5.63. The van der Waals surface area contributed by atoms with Crippen LogP contribution in [0.25, 0.3) is 51.1 Å². The summed E-state index contributed by atoms with van der Waals surface area (Å²) in [5, 5.41) is 8.05. The van der Waals surface area contributed by atoms with Gasteiger partial charge in [-0.3, -0.25) is 0 Å². The molecule has 8 aromatic rings. The fraction of sp³-hybridized carbons (Fsp3) is 0.0811. The Morgan fingerprint density at radius 2 is 1.00 bits per heavy atom. The number of aryl methyl sites for hydroxylation is 2. The second-order valence-electron chi connectivity index (χ2n) is 10.8. The largest absolute Gasteiger partial charge is 0.134 e.